The first-order chi connectivity index (χ1) is 5.31. The molecule has 1 atom stereocenters. The van der Waals surface area contributed by atoms with Crippen LogP contribution in [0.4, 0.5) is 0 Å². The van der Waals surface area contributed by atoms with Gasteiger partial charge in [0.15, 0.2) is 3.79 Å². The van der Waals surface area contributed by atoms with Crippen molar-refractivity contribution >= 4 is 52.2 Å². The van der Waals surface area contributed by atoms with E-state index in [2.05, 4.69) is 0 Å². The van der Waals surface area contributed by atoms with Gasteiger partial charge in [-0.3, -0.25) is 0 Å². The van der Waals surface area contributed by atoms with Crippen LogP contribution >= 0.6 is 46.4 Å². The zero-order valence-corrected chi connectivity index (χ0v) is 9.64. The number of rotatable bonds is 4. The van der Waals surface area contributed by atoms with E-state index >= 15 is 0 Å². The van der Waals surface area contributed by atoms with Crippen LogP contribution in [0.15, 0.2) is 0 Å². The van der Waals surface area contributed by atoms with Crippen LogP contribution in [0.5, 0.6) is 0 Å². The van der Waals surface area contributed by atoms with E-state index in [1.165, 1.54) is 6.92 Å². The van der Waals surface area contributed by atoms with Gasteiger partial charge in [-0.05, 0) is 13.3 Å². The van der Waals surface area contributed by atoms with E-state index in [0.29, 0.717) is 12.8 Å². The van der Waals surface area contributed by atoms with Crippen LogP contribution < -0.4 is 0 Å². The van der Waals surface area contributed by atoms with Crippen molar-refractivity contribution < 1.29 is 4.79 Å². The van der Waals surface area contributed by atoms with Crippen LogP contribution in [0.25, 0.3) is 0 Å². The zero-order chi connectivity index (χ0) is 9.78. The number of alkyl halides is 4. The fourth-order valence-electron chi connectivity index (χ4n) is 0.713. The van der Waals surface area contributed by atoms with Gasteiger partial charge in [0, 0.05) is 18.2 Å². The van der Waals surface area contributed by atoms with Crippen molar-refractivity contribution in [1.82, 2.24) is 0 Å². The molecule has 0 bridgehead atoms. The average molecular weight is 252 g/mol. The van der Waals surface area contributed by atoms with E-state index in [9.17, 15) is 4.79 Å². The first-order valence-electron chi connectivity index (χ1n) is 3.51. The summed E-state index contributed by atoms with van der Waals surface area (Å²) < 4.78 is -1.32. The summed E-state index contributed by atoms with van der Waals surface area (Å²) >= 11 is 22.3. The Morgan fingerprint density at radius 1 is 1.42 bits per heavy atom. The normalized spacial score (nSPS) is 14.4. The molecule has 0 aliphatic heterocycles. The number of Topliss-reactive ketones (excluding diaryl/α,β-unsaturated/α-hetero) is 1. The van der Waals surface area contributed by atoms with Gasteiger partial charge in [-0.15, -0.1) is 11.6 Å². The molecule has 0 aliphatic carbocycles. The van der Waals surface area contributed by atoms with Gasteiger partial charge in [-0.2, -0.15) is 0 Å². The Labute approximate surface area is 92.3 Å². The molecule has 0 fully saturated rings. The van der Waals surface area contributed by atoms with Gasteiger partial charge >= 0.3 is 0 Å². The van der Waals surface area contributed by atoms with Crippen molar-refractivity contribution in [1.29, 1.82) is 0 Å². The Balaban J connectivity index is 3.60. The molecule has 72 valence electrons. The third kappa shape index (κ3) is 8.92. The van der Waals surface area contributed by atoms with E-state index in [1.807, 2.05) is 0 Å². The minimum absolute atomic E-state index is 0.102. The summed E-state index contributed by atoms with van der Waals surface area (Å²) in [5, 5.41) is -0.249. The molecule has 0 aromatic rings. The summed E-state index contributed by atoms with van der Waals surface area (Å²) in [6.07, 6.45) is 1.27. The maximum atomic E-state index is 10.6. The summed E-state index contributed by atoms with van der Waals surface area (Å²) in [5.41, 5.74) is 0. The van der Waals surface area contributed by atoms with Gasteiger partial charge in [0.2, 0.25) is 0 Å². The Kier molecular flexibility index (Phi) is 5.92. The van der Waals surface area contributed by atoms with Crippen molar-refractivity contribution in [2.45, 2.75) is 35.4 Å². The van der Waals surface area contributed by atoms with E-state index in [4.69, 9.17) is 46.4 Å². The SMILES string of the molecule is CC(=O)CCC(Cl)CC(Cl)(Cl)Cl. The number of ketones is 1. The fourth-order valence-corrected chi connectivity index (χ4v) is 1.85. The van der Waals surface area contributed by atoms with Crippen molar-refractivity contribution in [3.05, 3.63) is 0 Å². The summed E-state index contributed by atoms with van der Waals surface area (Å²) in [4.78, 5) is 10.6. The molecule has 5 heteroatoms. The van der Waals surface area contributed by atoms with Crippen LogP contribution in [-0.2, 0) is 4.79 Å². The third-order valence-corrected chi connectivity index (χ3v) is 2.10. The van der Waals surface area contributed by atoms with Crippen LogP contribution in [-0.4, -0.2) is 15.0 Å². The van der Waals surface area contributed by atoms with Gasteiger partial charge in [0.25, 0.3) is 0 Å². The predicted molar refractivity (Wildman–Crippen MR) is 54.5 cm³/mol. The van der Waals surface area contributed by atoms with Crippen LogP contribution in [0, 0.1) is 0 Å². The minimum atomic E-state index is -1.32. The Morgan fingerprint density at radius 2 is 1.92 bits per heavy atom. The average Bonchev–Trinajstić information content (AvgIpc) is 1.79. The second kappa shape index (κ2) is 5.54. The van der Waals surface area contributed by atoms with E-state index in [0.717, 1.165) is 0 Å². The number of carbonyl (C=O) groups is 1. The standard InChI is InChI=1S/C7H10Cl4O/c1-5(12)2-3-6(8)4-7(9,10)11/h6H,2-4H2,1H3. The first-order valence-corrected chi connectivity index (χ1v) is 5.08. The quantitative estimate of drug-likeness (QED) is 0.696. The predicted octanol–water partition coefficient (Wildman–Crippen LogP) is 3.72. The minimum Gasteiger partial charge on any atom is -0.300 e. The van der Waals surface area contributed by atoms with Gasteiger partial charge in [-0.1, -0.05) is 34.8 Å². The summed E-state index contributed by atoms with van der Waals surface area (Å²) in [7, 11) is 0. The lowest BCUT2D eigenvalue weighted by Gasteiger charge is -2.14. The van der Waals surface area contributed by atoms with Crippen LogP contribution in [0.3, 0.4) is 0 Å². The van der Waals surface area contributed by atoms with Crippen molar-refractivity contribution in [3.8, 4) is 0 Å². The molecule has 0 N–H and O–H groups in total. The molecule has 0 spiro atoms. The second-order valence-electron chi connectivity index (χ2n) is 2.66. The molecule has 1 unspecified atom stereocenters. The lowest BCUT2D eigenvalue weighted by Crippen LogP contribution is -2.12. The number of hydrogen-bond donors (Lipinski definition) is 0. The molecule has 1 nitrogen and oxygen atoms in total. The maximum absolute atomic E-state index is 10.6. The fraction of sp³-hybridized carbons (Fsp3) is 0.857. The molecule has 0 aliphatic rings. The molecule has 0 aromatic heterocycles. The van der Waals surface area contributed by atoms with Gasteiger partial charge in [0.05, 0.1) is 0 Å². The van der Waals surface area contributed by atoms with E-state index in [1.54, 1.807) is 0 Å². The van der Waals surface area contributed by atoms with Crippen molar-refractivity contribution in [2.75, 3.05) is 0 Å². The van der Waals surface area contributed by atoms with Gasteiger partial charge in [-0.25, -0.2) is 0 Å². The molecular weight excluding hydrogens is 242 g/mol. The van der Waals surface area contributed by atoms with Crippen molar-refractivity contribution in [2.24, 2.45) is 0 Å². The zero-order valence-electron chi connectivity index (χ0n) is 6.62. The highest BCUT2D eigenvalue weighted by Gasteiger charge is 2.24. The van der Waals surface area contributed by atoms with Gasteiger partial charge in [0.1, 0.15) is 5.78 Å². The molecule has 0 heterocycles. The van der Waals surface area contributed by atoms with Crippen LogP contribution in [0.1, 0.15) is 26.2 Å². The molecule has 0 radical (unpaired) electrons. The molecular formula is C7H10Cl4O. The lowest BCUT2D eigenvalue weighted by atomic mass is 10.1. The van der Waals surface area contributed by atoms with Crippen molar-refractivity contribution in [3.63, 3.8) is 0 Å². The molecule has 0 saturated heterocycles. The Bertz CT molecular complexity index is 152. The molecule has 12 heavy (non-hydrogen) atoms. The first kappa shape index (κ1) is 12.8. The largest absolute Gasteiger partial charge is 0.300 e. The molecule has 0 aromatic carbocycles. The molecule has 0 amide bonds. The topological polar surface area (TPSA) is 17.1 Å². The summed E-state index contributed by atoms with van der Waals surface area (Å²) in [6, 6.07) is 0. The highest BCUT2D eigenvalue weighted by Crippen LogP contribution is 2.34. The van der Waals surface area contributed by atoms with Crippen LogP contribution in [0.2, 0.25) is 0 Å². The highest BCUT2D eigenvalue weighted by atomic mass is 35.6. The summed E-state index contributed by atoms with van der Waals surface area (Å²) in [6.45, 7) is 1.51. The second-order valence-corrected chi connectivity index (χ2v) is 5.79. The molecule has 0 rings (SSSR count). The number of carbonyl (C=O) groups excluding carboxylic acids is 1. The number of hydrogen-bond acceptors (Lipinski definition) is 1. The third-order valence-electron chi connectivity index (χ3n) is 1.26. The Morgan fingerprint density at radius 3 is 2.25 bits per heavy atom. The summed E-state index contributed by atoms with van der Waals surface area (Å²) in [5.74, 6) is 0.102. The molecule has 0 saturated carbocycles. The maximum Gasteiger partial charge on any atom is 0.192 e. The monoisotopic (exact) mass is 250 g/mol. The van der Waals surface area contributed by atoms with E-state index in [-0.39, 0.29) is 17.6 Å². The number of halogens is 4. The lowest BCUT2D eigenvalue weighted by molar-refractivity contribution is -0.117. The highest BCUT2D eigenvalue weighted by molar-refractivity contribution is 6.67. The van der Waals surface area contributed by atoms with Gasteiger partial charge < -0.3 is 4.79 Å². The van der Waals surface area contributed by atoms with E-state index < -0.39 is 3.79 Å². The smallest absolute Gasteiger partial charge is 0.192 e. The Hall–Kier alpha value is 0.830.